The van der Waals surface area contributed by atoms with Crippen molar-refractivity contribution in [2.24, 2.45) is 0 Å². The van der Waals surface area contributed by atoms with E-state index >= 15 is 0 Å². The van der Waals surface area contributed by atoms with E-state index in [2.05, 4.69) is 16.8 Å². The molecule has 100 valence electrons. The number of carbonyl (C=O) groups excluding carboxylic acids is 1. The number of nitrogens with one attached hydrogen (secondary N) is 1. The number of halogens is 1. The van der Waals surface area contributed by atoms with E-state index in [-0.39, 0.29) is 5.91 Å². The van der Waals surface area contributed by atoms with Gasteiger partial charge in [-0.3, -0.25) is 4.79 Å². The standard InChI is InChI=1S/C15H10ClNOS2/c16-11-1-3-12(4-2-11)17-15(18)14-6-5-13(20-14)10-7-8-19-9-10/h1-9H,(H,17,18). The van der Waals surface area contributed by atoms with Crippen molar-refractivity contribution in [2.75, 3.05) is 5.32 Å². The van der Waals surface area contributed by atoms with Crippen molar-refractivity contribution in [1.82, 2.24) is 0 Å². The van der Waals surface area contributed by atoms with Gasteiger partial charge in [0.1, 0.15) is 0 Å². The molecule has 0 atom stereocenters. The maximum atomic E-state index is 12.2. The molecule has 0 unspecified atom stereocenters. The van der Waals surface area contributed by atoms with Crippen LogP contribution in [0.25, 0.3) is 10.4 Å². The Labute approximate surface area is 129 Å². The molecule has 2 aromatic heterocycles. The molecule has 1 N–H and O–H groups in total. The van der Waals surface area contributed by atoms with Gasteiger partial charge in [-0.2, -0.15) is 11.3 Å². The third kappa shape index (κ3) is 2.93. The molecule has 0 aliphatic carbocycles. The molecule has 0 spiro atoms. The van der Waals surface area contributed by atoms with Crippen molar-refractivity contribution in [3.63, 3.8) is 0 Å². The Kier molecular flexibility index (Phi) is 3.87. The van der Waals surface area contributed by atoms with E-state index in [1.807, 2.05) is 17.5 Å². The smallest absolute Gasteiger partial charge is 0.265 e. The van der Waals surface area contributed by atoms with E-state index in [0.29, 0.717) is 9.90 Å². The lowest BCUT2D eigenvalue weighted by Crippen LogP contribution is -2.09. The highest BCUT2D eigenvalue weighted by molar-refractivity contribution is 7.18. The summed E-state index contributed by atoms with van der Waals surface area (Å²) in [4.78, 5) is 14.0. The van der Waals surface area contributed by atoms with Crippen LogP contribution >= 0.6 is 34.3 Å². The van der Waals surface area contributed by atoms with E-state index < -0.39 is 0 Å². The summed E-state index contributed by atoms with van der Waals surface area (Å²) < 4.78 is 0. The Morgan fingerprint density at radius 2 is 1.85 bits per heavy atom. The molecular weight excluding hydrogens is 310 g/mol. The number of amides is 1. The minimum atomic E-state index is -0.0983. The van der Waals surface area contributed by atoms with Gasteiger partial charge < -0.3 is 5.32 Å². The minimum Gasteiger partial charge on any atom is -0.321 e. The zero-order valence-corrected chi connectivity index (χ0v) is 12.7. The molecule has 0 aliphatic rings. The molecule has 20 heavy (non-hydrogen) atoms. The lowest BCUT2D eigenvalue weighted by atomic mass is 10.3. The fourth-order valence-electron chi connectivity index (χ4n) is 1.75. The number of hydrogen-bond acceptors (Lipinski definition) is 3. The highest BCUT2D eigenvalue weighted by Gasteiger charge is 2.10. The molecule has 0 fully saturated rings. The van der Waals surface area contributed by atoms with Crippen LogP contribution in [0.4, 0.5) is 5.69 Å². The molecule has 0 aliphatic heterocycles. The molecule has 2 heterocycles. The number of carbonyl (C=O) groups is 1. The molecule has 2 nitrogen and oxygen atoms in total. The number of benzene rings is 1. The highest BCUT2D eigenvalue weighted by Crippen LogP contribution is 2.30. The van der Waals surface area contributed by atoms with Crippen molar-refractivity contribution in [1.29, 1.82) is 0 Å². The van der Waals surface area contributed by atoms with Crippen LogP contribution in [0.15, 0.2) is 53.2 Å². The summed E-state index contributed by atoms with van der Waals surface area (Å²) in [5.41, 5.74) is 1.90. The van der Waals surface area contributed by atoms with Crippen LogP contribution in [0.3, 0.4) is 0 Å². The Morgan fingerprint density at radius 1 is 1.05 bits per heavy atom. The second-order valence-electron chi connectivity index (χ2n) is 4.14. The topological polar surface area (TPSA) is 29.1 Å². The molecule has 0 saturated carbocycles. The van der Waals surface area contributed by atoms with Gasteiger partial charge in [-0.15, -0.1) is 11.3 Å². The van der Waals surface area contributed by atoms with Crippen molar-refractivity contribution in [2.45, 2.75) is 0 Å². The highest BCUT2D eigenvalue weighted by atomic mass is 35.5. The van der Waals surface area contributed by atoms with E-state index in [1.54, 1.807) is 35.6 Å². The quantitative estimate of drug-likeness (QED) is 0.689. The molecule has 0 radical (unpaired) electrons. The summed E-state index contributed by atoms with van der Waals surface area (Å²) in [6.07, 6.45) is 0. The predicted octanol–water partition coefficient (Wildman–Crippen LogP) is 5.38. The summed E-state index contributed by atoms with van der Waals surface area (Å²) in [7, 11) is 0. The third-order valence-electron chi connectivity index (χ3n) is 2.74. The first-order valence-electron chi connectivity index (χ1n) is 5.92. The first-order valence-corrected chi connectivity index (χ1v) is 8.05. The fourth-order valence-corrected chi connectivity index (χ4v) is 3.50. The van der Waals surface area contributed by atoms with Crippen molar-refractivity contribution >= 4 is 45.9 Å². The SMILES string of the molecule is O=C(Nc1ccc(Cl)cc1)c1ccc(-c2ccsc2)s1. The fraction of sp³-hybridized carbons (Fsp3) is 0. The van der Waals surface area contributed by atoms with E-state index in [1.165, 1.54) is 11.3 Å². The Balaban J connectivity index is 1.76. The van der Waals surface area contributed by atoms with Crippen LogP contribution in [-0.4, -0.2) is 5.91 Å². The summed E-state index contributed by atoms with van der Waals surface area (Å²) in [6, 6.07) is 13.0. The molecular formula is C15H10ClNOS2. The molecule has 3 rings (SSSR count). The van der Waals surface area contributed by atoms with Gasteiger partial charge in [0.25, 0.3) is 5.91 Å². The van der Waals surface area contributed by atoms with Crippen molar-refractivity contribution in [3.8, 4) is 10.4 Å². The average molecular weight is 320 g/mol. The van der Waals surface area contributed by atoms with Crippen LogP contribution in [0, 0.1) is 0 Å². The Bertz CT molecular complexity index is 717. The summed E-state index contributed by atoms with van der Waals surface area (Å²) in [5.74, 6) is -0.0983. The van der Waals surface area contributed by atoms with Gasteiger partial charge in [0.05, 0.1) is 4.88 Å². The minimum absolute atomic E-state index is 0.0983. The maximum absolute atomic E-state index is 12.2. The van der Waals surface area contributed by atoms with Gasteiger partial charge in [0.2, 0.25) is 0 Å². The van der Waals surface area contributed by atoms with Gasteiger partial charge in [0, 0.05) is 21.2 Å². The number of anilines is 1. The Morgan fingerprint density at radius 3 is 2.55 bits per heavy atom. The molecule has 0 saturated heterocycles. The monoisotopic (exact) mass is 319 g/mol. The number of thiophene rings is 2. The normalized spacial score (nSPS) is 10.4. The lowest BCUT2D eigenvalue weighted by Gasteiger charge is -2.03. The van der Waals surface area contributed by atoms with E-state index in [9.17, 15) is 4.79 Å². The summed E-state index contributed by atoms with van der Waals surface area (Å²) in [6.45, 7) is 0. The molecule has 3 aromatic rings. The van der Waals surface area contributed by atoms with Gasteiger partial charge in [-0.25, -0.2) is 0 Å². The Hall–Kier alpha value is -1.62. The van der Waals surface area contributed by atoms with Crippen molar-refractivity contribution < 1.29 is 4.79 Å². The molecule has 1 aromatic carbocycles. The summed E-state index contributed by atoms with van der Waals surface area (Å²) in [5, 5.41) is 7.62. The summed E-state index contributed by atoms with van der Waals surface area (Å²) >= 11 is 8.96. The van der Waals surface area contributed by atoms with Crippen LogP contribution in [0.1, 0.15) is 9.67 Å². The van der Waals surface area contributed by atoms with E-state index in [0.717, 1.165) is 16.1 Å². The van der Waals surface area contributed by atoms with Gasteiger partial charge in [-0.1, -0.05) is 11.6 Å². The first-order chi connectivity index (χ1) is 9.72. The zero-order valence-electron chi connectivity index (χ0n) is 10.3. The second kappa shape index (κ2) is 5.79. The predicted molar refractivity (Wildman–Crippen MR) is 87.0 cm³/mol. The van der Waals surface area contributed by atoms with E-state index in [4.69, 9.17) is 11.6 Å². The molecule has 1 amide bonds. The average Bonchev–Trinajstić information content (AvgIpc) is 3.11. The second-order valence-corrected chi connectivity index (χ2v) is 6.44. The van der Waals surface area contributed by atoms with Crippen LogP contribution in [0.5, 0.6) is 0 Å². The zero-order chi connectivity index (χ0) is 13.9. The largest absolute Gasteiger partial charge is 0.321 e. The van der Waals surface area contributed by atoms with Crippen LogP contribution in [-0.2, 0) is 0 Å². The lowest BCUT2D eigenvalue weighted by molar-refractivity contribution is 0.103. The molecule has 0 bridgehead atoms. The van der Waals surface area contributed by atoms with Gasteiger partial charge in [-0.05, 0) is 53.2 Å². The maximum Gasteiger partial charge on any atom is 0.265 e. The van der Waals surface area contributed by atoms with Gasteiger partial charge >= 0.3 is 0 Å². The number of rotatable bonds is 3. The van der Waals surface area contributed by atoms with Crippen LogP contribution < -0.4 is 5.32 Å². The van der Waals surface area contributed by atoms with Crippen molar-refractivity contribution in [3.05, 3.63) is 63.1 Å². The van der Waals surface area contributed by atoms with Crippen LogP contribution in [0.2, 0.25) is 5.02 Å². The molecule has 5 heteroatoms. The van der Waals surface area contributed by atoms with Gasteiger partial charge in [0.15, 0.2) is 0 Å². The first kappa shape index (κ1) is 13.4. The third-order valence-corrected chi connectivity index (χ3v) is 4.81. The number of hydrogen-bond donors (Lipinski definition) is 1.